The summed E-state index contributed by atoms with van der Waals surface area (Å²) in [4.78, 5) is 7.16. The number of rotatable bonds is 2. The average molecular weight is 285 g/mol. The lowest BCUT2D eigenvalue weighted by atomic mass is 10.1. The van der Waals surface area contributed by atoms with Crippen molar-refractivity contribution in [3.8, 4) is 17.0 Å². The molecule has 0 fully saturated rings. The van der Waals surface area contributed by atoms with E-state index in [0.29, 0.717) is 0 Å². The van der Waals surface area contributed by atoms with Crippen molar-refractivity contribution in [2.75, 3.05) is 12.8 Å². The maximum absolute atomic E-state index is 6.36. The fourth-order valence-corrected chi connectivity index (χ4v) is 4.15. The number of nitrogens with two attached hydrogens (primary N) is 1. The Balaban J connectivity index is 1.97. The van der Waals surface area contributed by atoms with Crippen LogP contribution in [-0.2, 0) is 12.8 Å². The Bertz CT molecular complexity index is 803. The zero-order valence-corrected chi connectivity index (χ0v) is 12.0. The van der Waals surface area contributed by atoms with Gasteiger partial charge in [-0.25, -0.2) is 4.98 Å². The lowest BCUT2D eigenvalue weighted by Crippen LogP contribution is -1.97. The summed E-state index contributed by atoms with van der Waals surface area (Å²) in [6.45, 7) is 0. The van der Waals surface area contributed by atoms with Crippen LogP contribution in [0.15, 0.2) is 24.3 Å². The minimum atomic E-state index is 0.726. The van der Waals surface area contributed by atoms with Crippen molar-refractivity contribution in [3.63, 3.8) is 0 Å². The molecule has 4 rings (SSSR count). The van der Waals surface area contributed by atoms with E-state index in [9.17, 15) is 0 Å². The zero-order valence-electron chi connectivity index (χ0n) is 11.2. The first-order valence-corrected chi connectivity index (χ1v) is 7.53. The fourth-order valence-electron chi connectivity index (χ4n) is 2.94. The Morgan fingerprint density at radius 2 is 2.15 bits per heavy atom. The number of aryl methyl sites for hydroxylation is 2. The first-order valence-electron chi connectivity index (χ1n) is 6.71. The van der Waals surface area contributed by atoms with Gasteiger partial charge in [-0.1, -0.05) is 12.1 Å². The quantitative estimate of drug-likeness (QED) is 0.787. The second-order valence-electron chi connectivity index (χ2n) is 4.99. The van der Waals surface area contributed by atoms with E-state index in [4.69, 9.17) is 15.5 Å². The van der Waals surface area contributed by atoms with Crippen LogP contribution in [0.4, 0.5) is 5.82 Å². The van der Waals surface area contributed by atoms with Crippen LogP contribution in [0.25, 0.3) is 16.2 Å². The fraction of sp³-hybridized carbons (Fsp3) is 0.267. The van der Waals surface area contributed by atoms with Gasteiger partial charge >= 0.3 is 0 Å². The van der Waals surface area contributed by atoms with Gasteiger partial charge in [-0.2, -0.15) is 0 Å². The van der Waals surface area contributed by atoms with Gasteiger partial charge in [0.1, 0.15) is 17.3 Å². The second-order valence-corrected chi connectivity index (χ2v) is 6.05. The van der Waals surface area contributed by atoms with Gasteiger partial charge in [-0.15, -0.1) is 11.3 Å². The molecule has 102 valence electrons. The monoisotopic (exact) mass is 285 g/mol. The molecule has 0 aliphatic heterocycles. The number of anilines is 1. The van der Waals surface area contributed by atoms with Crippen molar-refractivity contribution in [1.29, 1.82) is 0 Å². The highest BCUT2D eigenvalue weighted by molar-refractivity contribution is 7.17. The summed E-state index contributed by atoms with van der Waals surface area (Å²) >= 11 is 1.76. The normalized spacial score (nSPS) is 13.8. The van der Waals surface area contributed by atoms with Crippen LogP contribution >= 0.6 is 11.3 Å². The molecule has 0 spiro atoms. The molecule has 0 atom stereocenters. The van der Waals surface area contributed by atoms with E-state index >= 15 is 0 Å². The topological polar surface area (TPSA) is 52.5 Å². The van der Waals surface area contributed by atoms with E-state index in [1.165, 1.54) is 17.0 Å². The third-order valence-corrected chi connectivity index (χ3v) is 5.01. The molecule has 20 heavy (non-hydrogen) atoms. The molecule has 3 aromatic rings. The molecule has 1 aliphatic carbocycles. The molecule has 2 heterocycles. The van der Waals surface area contributed by atoms with Crippen LogP contribution in [0.3, 0.4) is 0 Å². The lowest BCUT2D eigenvalue weighted by molar-refractivity contribution is 0.416. The van der Waals surface area contributed by atoms with Gasteiger partial charge in [-0.05, 0) is 31.4 Å². The van der Waals surface area contributed by atoms with Crippen molar-refractivity contribution < 1.29 is 4.74 Å². The van der Waals surface area contributed by atoms with Crippen molar-refractivity contribution in [2.45, 2.75) is 19.3 Å². The van der Waals surface area contributed by atoms with Gasteiger partial charge in [0, 0.05) is 16.1 Å². The number of benzene rings is 1. The molecule has 0 unspecified atom stereocenters. The summed E-state index contributed by atoms with van der Waals surface area (Å²) in [6.07, 6.45) is 3.48. The van der Waals surface area contributed by atoms with Gasteiger partial charge in [0.05, 0.1) is 7.11 Å². The smallest absolute Gasteiger partial charge is 0.196 e. The summed E-state index contributed by atoms with van der Waals surface area (Å²) in [5, 5.41) is 0. The number of thiazole rings is 1. The number of ether oxygens (including phenoxy) is 1. The van der Waals surface area contributed by atoms with E-state index in [0.717, 1.165) is 40.6 Å². The largest absolute Gasteiger partial charge is 0.496 e. The van der Waals surface area contributed by atoms with Crippen LogP contribution in [0.5, 0.6) is 5.75 Å². The second kappa shape index (κ2) is 4.24. The third-order valence-electron chi connectivity index (χ3n) is 3.87. The summed E-state index contributed by atoms with van der Waals surface area (Å²) in [5.41, 5.74) is 9.48. The number of hydrogen-bond acceptors (Lipinski definition) is 4. The number of nitrogens with zero attached hydrogens (tertiary/aromatic N) is 2. The number of para-hydroxylation sites is 1. The summed E-state index contributed by atoms with van der Waals surface area (Å²) < 4.78 is 7.54. The molecule has 0 bridgehead atoms. The molecule has 0 radical (unpaired) electrons. The van der Waals surface area contributed by atoms with Crippen LogP contribution in [-0.4, -0.2) is 16.5 Å². The standard InChI is InChI=1S/C15H15N3OS/c1-19-11-7-3-2-5-9(11)13-14(16)18-10-6-4-8-12(10)20-15(18)17-13/h2-3,5,7H,4,6,8,16H2,1H3. The predicted octanol–water partition coefficient (Wildman–Crippen LogP) is 3.14. The maximum atomic E-state index is 6.36. The van der Waals surface area contributed by atoms with Gasteiger partial charge < -0.3 is 10.5 Å². The highest BCUT2D eigenvalue weighted by Gasteiger charge is 2.23. The highest BCUT2D eigenvalue weighted by atomic mass is 32.1. The van der Waals surface area contributed by atoms with Gasteiger partial charge in [0.15, 0.2) is 4.96 Å². The third kappa shape index (κ3) is 1.50. The molecule has 1 aliphatic rings. The minimum Gasteiger partial charge on any atom is -0.496 e. The summed E-state index contributed by atoms with van der Waals surface area (Å²) in [7, 11) is 1.67. The highest BCUT2D eigenvalue weighted by Crippen LogP contribution is 2.39. The molecule has 1 aromatic carbocycles. The van der Waals surface area contributed by atoms with E-state index in [2.05, 4.69) is 4.40 Å². The van der Waals surface area contributed by atoms with Crippen LogP contribution in [0, 0.1) is 0 Å². The van der Waals surface area contributed by atoms with E-state index in [1.54, 1.807) is 18.4 Å². The Kier molecular flexibility index (Phi) is 2.50. The number of hydrogen-bond donors (Lipinski definition) is 1. The van der Waals surface area contributed by atoms with Gasteiger partial charge in [0.2, 0.25) is 0 Å². The van der Waals surface area contributed by atoms with Gasteiger partial charge in [-0.3, -0.25) is 4.40 Å². The molecule has 4 nitrogen and oxygen atoms in total. The molecule has 2 aromatic heterocycles. The number of fused-ring (bicyclic) bond motifs is 3. The number of aromatic nitrogens is 2. The van der Waals surface area contributed by atoms with Crippen molar-refractivity contribution >= 4 is 22.1 Å². The Hall–Kier alpha value is -2.01. The maximum Gasteiger partial charge on any atom is 0.196 e. The Morgan fingerprint density at radius 1 is 1.30 bits per heavy atom. The van der Waals surface area contributed by atoms with Crippen molar-refractivity contribution in [3.05, 3.63) is 34.8 Å². The lowest BCUT2D eigenvalue weighted by Gasteiger charge is -2.06. The average Bonchev–Trinajstić information content (AvgIpc) is 3.11. The van der Waals surface area contributed by atoms with E-state index in [-0.39, 0.29) is 0 Å². The SMILES string of the molecule is COc1ccccc1-c1nc2sc3c(n2c1N)CCC3. The zero-order chi connectivity index (χ0) is 13.7. The molecule has 5 heteroatoms. The minimum absolute atomic E-state index is 0.726. The summed E-state index contributed by atoms with van der Waals surface area (Å²) in [6, 6.07) is 7.87. The molecule has 0 amide bonds. The van der Waals surface area contributed by atoms with Crippen molar-refractivity contribution in [1.82, 2.24) is 9.38 Å². The molecule has 0 saturated heterocycles. The molecule has 0 saturated carbocycles. The number of nitrogen functional groups attached to an aromatic ring is 1. The van der Waals surface area contributed by atoms with E-state index < -0.39 is 0 Å². The van der Waals surface area contributed by atoms with Gasteiger partial charge in [0.25, 0.3) is 0 Å². The van der Waals surface area contributed by atoms with Crippen LogP contribution in [0.1, 0.15) is 17.0 Å². The van der Waals surface area contributed by atoms with E-state index in [1.807, 2.05) is 24.3 Å². The summed E-state index contributed by atoms with van der Waals surface area (Å²) in [5.74, 6) is 1.53. The first-order chi connectivity index (χ1) is 9.79. The molecular formula is C15H15N3OS. The van der Waals surface area contributed by atoms with Crippen molar-refractivity contribution in [2.24, 2.45) is 0 Å². The molecular weight excluding hydrogens is 270 g/mol. The van der Waals surface area contributed by atoms with Crippen LogP contribution < -0.4 is 10.5 Å². The Morgan fingerprint density at radius 3 is 3.00 bits per heavy atom. The Labute approximate surface area is 120 Å². The number of methoxy groups -OCH3 is 1. The van der Waals surface area contributed by atoms with Crippen LogP contribution in [0.2, 0.25) is 0 Å². The molecule has 2 N–H and O–H groups in total. The predicted molar refractivity (Wildman–Crippen MR) is 81.5 cm³/mol. The first kappa shape index (κ1) is 11.8. The number of imidazole rings is 1.